The molecule has 8 heteroatoms. The zero-order chi connectivity index (χ0) is 28.7. The lowest BCUT2D eigenvalue weighted by Crippen LogP contribution is -2.47. The minimum atomic E-state index is -2.08. The largest absolute Gasteiger partial charge is 0.468 e. The fourth-order valence-electron chi connectivity index (χ4n) is 4.92. The standard InChI is InChI=1S/C32H30BrNO6/c1-4-39-30(36)32(31(37)40-5-2)26(20-25(21-12-8-6-9-13-21)22-14-10-7-11-15-22)27(29(35)38-3)34-28(32)23-16-18-24(33)19-17-23/h6-19,27-28,34H,4-5H2,1-3H3/t27-,28-/m1/s1. The molecule has 7 nitrogen and oxygen atoms in total. The Bertz CT molecular complexity index is 1370. The molecule has 2 atom stereocenters. The summed E-state index contributed by atoms with van der Waals surface area (Å²) in [6, 6.07) is 23.8. The van der Waals surface area contributed by atoms with E-state index in [1.165, 1.54) is 7.11 Å². The lowest BCUT2D eigenvalue weighted by Gasteiger charge is -2.31. The molecule has 3 aromatic carbocycles. The van der Waals surface area contributed by atoms with Gasteiger partial charge in [0.1, 0.15) is 6.04 Å². The lowest BCUT2D eigenvalue weighted by molar-refractivity contribution is -0.169. The Morgan fingerprint density at radius 3 is 1.77 bits per heavy atom. The van der Waals surface area contributed by atoms with Crippen LogP contribution in [0.3, 0.4) is 0 Å². The third-order valence-corrected chi connectivity index (χ3v) is 7.23. The summed E-state index contributed by atoms with van der Waals surface area (Å²) in [7, 11) is 1.25. The Kier molecular flexibility index (Phi) is 9.38. The van der Waals surface area contributed by atoms with Gasteiger partial charge >= 0.3 is 17.9 Å². The number of methoxy groups -OCH3 is 1. The van der Waals surface area contributed by atoms with Crippen molar-refractivity contribution in [1.29, 1.82) is 0 Å². The molecule has 0 aliphatic carbocycles. The Hall–Kier alpha value is -3.97. The van der Waals surface area contributed by atoms with Crippen molar-refractivity contribution in [3.63, 3.8) is 0 Å². The summed E-state index contributed by atoms with van der Waals surface area (Å²) in [5.74, 6) is -2.37. The summed E-state index contributed by atoms with van der Waals surface area (Å²) in [6.07, 6.45) is 0. The second-order valence-electron chi connectivity index (χ2n) is 9.00. The van der Waals surface area contributed by atoms with E-state index in [0.717, 1.165) is 15.6 Å². The third kappa shape index (κ3) is 5.52. The normalized spacial score (nSPS) is 17.4. The fraction of sp³-hybridized carbons (Fsp3) is 0.250. The predicted octanol–water partition coefficient (Wildman–Crippen LogP) is 5.40. The number of hydrogen-bond acceptors (Lipinski definition) is 7. The highest BCUT2D eigenvalue weighted by Crippen LogP contribution is 2.50. The van der Waals surface area contributed by atoms with Crippen LogP contribution < -0.4 is 5.32 Å². The zero-order valence-electron chi connectivity index (χ0n) is 22.5. The van der Waals surface area contributed by atoms with E-state index >= 15 is 0 Å². The van der Waals surface area contributed by atoms with Crippen LogP contribution in [0.5, 0.6) is 0 Å². The van der Waals surface area contributed by atoms with Crippen molar-refractivity contribution >= 4 is 39.4 Å². The van der Waals surface area contributed by atoms with Crippen LogP contribution in [0, 0.1) is 5.41 Å². The molecule has 40 heavy (non-hydrogen) atoms. The van der Waals surface area contributed by atoms with Gasteiger partial charge in [0.15, 0.2) is 0 Å². The van der Waals surface area contributed by atoms with Crippen LogP contribution in [0.4, 0.5) is 0 Å². The molecular weight excluding hydrogens is 574 g/mol. The van der Waals surface area contributed by atoms with Crippen molar-refractivity contribution < 1.29 is 28.6 Å². The van der Waals surface area contributed by atoms with Gasteiger partial charge in [0.05, 0.1) is 26.4 Å². The molecule has 1 fully saturated rings. The number of halogens is 1. The van der Waals surface area contributed by atoms with Crippen LogP contribution in [0.1, 0.15) is 36.6 Å². The molecule has 3 aromatic rings. The highest BCUT2D eigenvalue weighted by atomic mass is 79.9. The Labute approximate surface area is 242 Å². The summed E-state index contributed by atoms with van der Waals surface area (Å²) < 4.78 is 17.0. The van der Waals surface area contributed by atoms with Crippen LogP contribution in [-0.4, -0.2) is 44.3 Å². The first-order valence-corrected chi connectivity index (χ1v) is 13.7. The molecule has 0 saturated carbocycles. The van der Waals surface area contributed by atoms with E-state index in [9.17, 15) is 14.4 Å². The maximum Gasteiger partial charge on any atom is 0.330 e. The molecule has 1 aliphatic heterocycles. The molecule has 1 aliphatic rings. The number of hydrogen-bond donors (Lipinski definition) is 1. The SMILES string of the molecule is CCOC(=O)C1(C(=O)OCC)C(=C=C(c2ccccc2)c2ccccc2)[C@H](C(=O)OC)N[C@@H]1c1ccc(Br)cc1. The van der Waals surface area contributed by atoms with Gasteiger partial charge in [-0.2, -0.15) is 0 Å². The first kappa shape index (κ1) is 29.0. The zero-order valence-corrected chi connectivity index (χ0v) is 24.1. The maximum atomic E-state index is 14.1. The van der Waals surface area contributed by atoms with Gasteiger partial charge in [-0.1, -0.05) is 88.7 Å². The van der Waals surface area contributed by atoms with Crippen molar-refractivity contribution in [3.8, 4) is 0 Å². The maximum absolute atomic E-state index is 14.1. The van der Waals surface area contributed by atoms with Crippen molar-refractivity contribution in [2.75, 3.05) is 20.3 Å². The molecule has 0 amide bonds. The van der Waals surface area contributed by atoms with Gasteiger partial charge in [-0.3, -0.25) is 14.9 Å². The van der Waals surface area contributed by atoms with Crippen molar-refractivity contribution in [3.05, 3.63) is 117 Å². The molecule has 0 bridgehead atoms. The molecule has 4 rings (SSSR count). The lowest BCUT2D eigenvalue weighted by atomic mass is 9.72. The van der Waals surface area contributed by atoms with Gasteiger partial charge in [0.25, 0.3) is 0 Å². The molecule has 1 heterocycles. The molecular formula is C32H30BrNO6. The summed E-state index contributed by atoms with van der Waals surface area (Å²) >= 11 is 3.43. The van der Waals surface area contributed by atoms with Gasteiger partial charge in [0, 0.05) is 15.6 Å². The molecule has 0 spiro atoms. The van der Waals surface area contributed by atoms with E-state index in [0.29, 0.717) is 11.1 Å². The predicted molar refractivity (Wildman–Crippen MR) is 154 cm³/mol. The van der Waals surface area contributed by atoms with Gasteiger partial charge in [-0.25, -0.2) is 4.79 Å². The summed E-state index contributed by atoms with van der Waals surface area (Å²) in [4.78, 5) is 41.4. The van der Waals surface area contributed by atoms with Crippen molar-refractivity contribution in [1.82, 2.24) is 5.32 Å². The van der Waals surface area contributed by atoms with Crippen LogP contribution in [0.15, 0.2) is 101 Å². The number of benzene rings is 3. The molecule has 206 valence electrons. The first-order valence-electron chi connectivity index (χ1n) is 12.9. The molecule has 1 N–H and O–H groups in total. The second kappa shape index (κ2) is 12.9. The minimum Gasteiger partial charge on any atom is -0.468 e. The smallest absolute Gasteiger partial charge is 0.330 e. The number of carbonyl (C=O) groups excluding carboxylic acids is 3. The second-order valence-corrected chi connectivity index (χ2v) is 9.92. The van der Waals surface area contributed by atoms with Crippen LogP contribution in [0.2, 0.25) is 0 Å². The van der Waals surface area contributed by atoms with E-state index in [4.69, 9.17) is 14.2 Å². The first-order chi connectivity index (χ1) is 19.4. The Balaban J connectivity index is 2.18. The third-order valence-electron chi connectivity index (χ3n) is 6.70. The molecule has 1 saturated heterocycles. The molecule has 0 radical (unpaired) electrons. The van der Waals surface area contributed by atoms with Gasteiger partial charge in [-0.05, 0) is 42.7 Å². The number of carbonyl (C=O) groups is 3. The van der Waals surface area contributed by atoms with Crippen LogP contribution in [0.25, 0.3) is 5.57 Å². The number of rotatable bonds is 8. The summed E-state index contributed by atoms with van der Waals surface area (Å²) in [5, 5.41) is 3.20. The Morgan fingerprint density at radius 2 is 1.32 bits per heavy atom. The van der Waals surface area contributed by atoms with Crippen molar-refractivity contribution in [2.45, 2.75) is 25.9 Å². The van der Waals surface area contributed by atoms with Crippen LogP contribution in [-0.2, 0) is 28.6 Å². The highest BCUT2D eigenvalue weighted by molar-refractivity contribution is 9.10. The fourth-order valence-corrected chi connectivity index (χ4v) is 5.18. The highest BCUT2D eigenvalue weighted by Gasteiger charge is 2.66. The van der Waals surface area contributed by atoms with E-state index in [-0.39, 0.29) is 18.8 Å². The monoisotopic (exact) mass is 603 g/mol. The van der Waals surface area contributed by atoms with Crippen LogP contribution >= 0.6 is 15.9 Å². The minimum absolute atomic E-state index is 0.0111. The quantitative estimate of drug-likeness (QED) is 0.159. The molecule has 0 aromatic heterocycles. The van der Waals surface area contributed by atoms with Crippen molar-refractivity contribution in [2.24, 2.45) is 5.41 Å². The van der Waals surface area contributed by atoms with E-state index < -0.39 is 35.4 Å². The van der Waals surface area contributed by atoms with Gasteiger partial charge in [-0.15, -0.1) is 5.73 Å². The van der Waals surface area contributed by atoms with E-state index in [1.807, 2.05) is 60.7 Å². The number of esters is 3. The van der Waals surface area contributed by atoms with E-state index in [2.05, 4.69) is 27.0 Å². The van der Waals surface area contributed by atoms with Gasteiger partial charge in [0.2, 0.25) is 5.41 Å². The number of ether oxygens (including phenoxy) is 3. The van der Waals surface area contributed by atoms with Gasteiger partial charge < -0.3 is 14.2 Å². The number of nitrogens with one attached hydrogen (secondary N) is 1. The summed E-state index contributed by atoms with van der Waals surface area (Å²) in [5.41, 5.74) is 4.06. The molecule has 0 unspecified atom stereocenters. The van der Waals surface area contributed by atoms with E-state index in [1.54, 1.807) is 38.1 Å². The topological polar surface area (TPSA) is 90.9 Å². The summed E-state index contributed by atoms with van der Waals surface area (Å²) in [6.45, 7) is 3.34. The Morgan fingerprint density at radius 1 is 0.825 bits per heavy atom. The average Bonchev–Trinajstić information content (AvgIpc) is 3.32. The average molecular weight is 604 g/mol.